The van der Waals surface area contributed by atoms with Crippen LogP contribution in [0.15, 0.2) is 116 Å². The molecule has 0 heterocycles. The van der Waals surface area contributed by atoms with Crippen molar-refractivity contribution < 1.29 is 16.8 Å². The monoisotopic (exact) mass is 502 g/mol. The first-order chi connectivity index (χ1) is 16.9. The van der Waals surface area contributed by atoms with Crippen LogP contribution >= 0.6 is 0 Å². The summed E-state index contributed by atoms with van der Waals surface area (Å²) in [6.45, 7) is 0. The van der Waals surface area contributed by atoms with E-state index in [4.69, 9.17) is 0 Å². The van der Waals surface area contributed by atoms with Crippen molar-refractivity contribution in [2.75, 3.05) is 0 Å². The van der Waals surface area contributed by atoms with E-state index in [1.165, 1.54) is 24.3 Å². The van der Waals surface area contributed by atoms with Crippen LogP contribution in [0.5, 0.6) is 0 Å². The molecule has 1 fully saturated rings. The van der Waals surface area contributed by atoms with Gasteiger partial charge >= 0.3 is 0 Å². The molecule has 3 aliphatic rings. The van der Waals surface area contributed by atoms with Gasteiger partial charge in [0, 0.05) is 23.0 Å². The number of nitrogens with zero attached hydrogens (tertiary/aromatic N) is 2. The first-order valence-electron chi connectivity index (χ1n) is 11.4. The molecule has 0 amide bonds. The fourth-order valence-electron chi connectivity index (χ4n) is 5.63. The Morgan fingerprint density at radius 2 is 0.914 bits per heavy atom. The van der Waals surface area contributed by atoms with Crippen LogP contribution in [0.25, 0.3) is 0 Å². The van der Waals surface area contributed by atoms with Gasteiger partial charge in [-0.2, -0.15) is 25.6 Å². The Hall–Kier alpha value is -3.36. The highest BCUT2D eigenvalue weighted by atomic mass is 32.2. The third-order valence-corrected chi connectivity index (χ3v) is 9.70. The van der Waals surface area contributed by atoms with Crippen LogP contribution < -0.4 is 0 Å². The van der Waals surface area contributed by atoms with Gasteiger partial charge in [0.05, 0.1) is 21.2 Å². The second-order valence-corrected chi connectivity index (χ2v) is 12.3. The molecule has 0 aliphatic heterocycles. The second kappa shape index (κ2) is 8.10. The number of hydrogen-bond donors (Lipinski definition) is 0. The van der Waals surface area contributed by atoms with E-state index < -0.39 is 20.0 Å². The zero-order valence-corrected chi connectivity index (χ0v) is 20.2. The zero-order valence-electron chi connectivity index (χ0n) is 18.6. The number of fused-ring (bicyclic) bond motifs is 6. The normalized spacial score (nSPS) is 27.2. The van der Waals surface area contributed by atoms with E-state index >= 15 is 0 Å². The second-order valence-electron chi connectivity index (χ2n) is 9.07. The molecule has 1 saturated carbocycles. The van der Waals surface area contributed by atoms with Gasteiger partial charge in [-0.1, -0.05) is 72.8 Å². The molecule has 176 valence electrons. The Morgan fingerprint density at radius 3 is 1.31 bits per heavy atom. The third-order valence-electron chi connectivity index (χ3n) is 7.09. The van der Waals surface area contributed by atoms with E-state index in [-0.39, 0.29) is 33.5 Å². The van der Waals surface area contributed by atoms with Crippen LogP contribution in [0.4, 0.5) is 0 Å². The Kier molecular flexibility index (Phi) is 5.12. The van der Waals surface area contributed by atoms with E-state index in [1.807, 2.05) is 24.3 Å². The standard InChI is InChI=1S/C27H22N2O4S2/c30-34(31,20-9-3-1-4-10-20)28-26-22-13-7-8-14-23(22)27(25-19-16-15-18(17-19)24(25)26)29-35(32,33)21-11-5-2-6-12-21/h1-16,18-19,24-25H,17H2/b28-26+,29-27+. The van der Waals surface area contributed by atoms with Crippen LogP contribution in [0.1, 0.15) is 17.5 Å². The Labute approximate surface area is 204 Å². The Morgan fingerprint density at radius 1 is 0.543 bits per heavy atom. The Balaban J connectivity index is 1.57. The first-order valence-corrected chi connectivity index (χ1v) is 14.3. The molecule has 6 rings (SSSR count). The van der Waals surface area contributed by atoms with E-state index in [1.54, 1.807) is 36.4 Å². The summed E-state index contributed by atoms with van der Waals surface area (Å²) in [5.74, 6) is -0.369. The molecule has 0 N–H and O–H groups in total. The summed E-state index contributed by atoms with van der Waals surface area (Å²) in [4.78, 5) is 0.262. The summed E-state index contributed by atoms with van der Waals surface area (Å²) in [6, 6.07) is 23.6. The van der Waals surface area contributed by atoms with Crippen molar-refractivity contribution in [1.29, 1.82) is 0 Å². The van der Waals surface area contributed by atoms with Gasteiger partial charge < -0.3 is 0 Å². The van der Waals surface area contributed by atoms with Crippen molar-refractivity contribution in [3.05, 3.63) is 108 Å². The smallest absolute Gasteiger partial charge is 0.199 e. The summed E-state index contributed by atoms with van der Waals surface area (Å²) < 4.78 is 61.8. The Bertz CT molecular complexity index is 1490. The maximum Gasteiger partial charge on any atom is 0.282 e. The van der Waals surface area contributed by atoms with Gasteiger partial charge in [-0.25, -0.2) is 0 Å². The molecule has 6 nitrogen and oxygen atoms in total. The highest BCUT2D eigenvalue weighted by molar-refractivity contribution is 7.90. The van der Waals surface area contributed by atoms with Crippen LogP contribution in [-0.4, -0.2) is 28.3 Å². The van der Waals surface area contributed by atoms with Crippen LogP contribution in [0.2, 0.25) is 0 Å². The topological polar surface area (TPSA) is 93.0 Å². The van der Waals surface area contributed by atoms with Gasteiger partial charge in [-0.05, 0) is 42.5 Å². The highest BCUT2D eigenvalue weighted by Crippen LogP contribution is 2.53. The van der Waals surface area contributed by atoms with Gasteiger partial charge in [0.1, 0.15) is 0 Å². The van der Waals surface area contributed by atoms with Gasteiger partial charge in [0.2, 0.25) is 0 Å². The van der Waals surface area contributed by atoms with E-state index in [9.17, 15) is 16.8 Å². The predicted octanol–water partition coefficient (Wildman–Crippen LogP) is 4.49. The maximum absolute atomic E-state index is 13.3. The summed E-state index contributed by atoms with van der Waals surface area (Å²) in [5.41, 5.74) is 2.22. The van der Waals surface area contributed by atoms with Crippen LogP contribution in [0, 0.1) is 23.7 Å². The molecule has 3 aliphatic carbocycles. The maximum atomic E-state index is 13.3. The molecular formula is C27H22N2O4S2. The molecule has 0 aromatic heterocycles. The lowest BCUT2D eigenvalue weighted by Crippen LogP contribution is -2.40. The quantitative estimate of drug-likeness (QED) is 0.491. The predicted molar refractivity (Wildman–Crippen MR) is 134 cm³/mol. The lowest BCUT2D eigenvalue weighted by Gasteiger charge is -2.36. The number of benzene rings is 3. The summed E-state index contributed by atoms with van der Waals surface area (Å²) in [7, 11) is -7.90. The minimum atomic E-state index is -3.95. The molecule has 8 heteroatoms. The highest BCUT2D eigenvalue weighted by Gasteiger charge is 2.53. The van der Waals surface area contributed by atoms with Crippen molar-refractivity contribution in [3.8, 4) is 0 Å². The molecular weight excluding hydrogens is 480 g/mol. The zero-order chi connectivity index (χ0) is 24.2. The average molecular weight is 503 g/mol. The van der Waals surface area contributed by atoms with Crippen molar-refractivity contribution in [2.24, 2.45) is 32.5 Å². The third kappa shape index (κ3) is 3.68. The van der Waals surface area contributed by atoms with Gasteiger partial charge in [0.25, 0.3) is 20.0 Å². The fraction of sp³-hybridized carbons (Fsp3) is 0.185. The van der Waals surface area contributed by atoms with Crippen molar-refractivity contribution >= 4 is 31.5 Å². The molecule has 35 heavy (non-hydrogen) atoms. The molecule has 3 aromatic carbocycles. The van der Waals surface area contributed by atoms with E-state index in [0.29, 0.717) is 22.6 Å². The molecule has 2 bridgehead atoms. The first kappa shape index (κ1) is 22.1. The average Bonchev–Trinajstić information content (AvgIpc) is 3.49. The van der Waals surface area contributed by atoms with Crippen molar-refractivity contribution in [2.45, 2.75) is 16.2 Å². The minimum Gasteiger partial charge on any atom is -0.199 e. The largest absolute Gasteiger partial charge is 0.282 e. The SMILES string of the molecule is O=S(=O)(/N=C1\c2ccccc2/C(=N\S(=O)(=O)c2ccccc2)C2C3C=CC(C3)C12)c1ccccc1. The van der Waals surface area contributed by atoms with Gasteiger partial charge in [-0.3, -0.25) is 0 Å². The minimum absolute atomic E-state index is 0.0766. The van der Waals surface area contributed by atoms with Gasteiger partial charge in [0.15, 0.2) is 0 Å². The number of hydrogen-bond acceptors (Lipinski definition) is 4. The van der Waals surface area contributed by atoms with Crippen LogP contribution in [0.3, 0.4) is 0 Å². The van der Waals surface area contributed by atoms with E-state index in [2.05, 4.69) is 20.9 Å². The molecule has 0 radical (unpaired) electrons. The molecule has 0 spiro atoms. The van der Waals surface area contributed by atoms with Gasteiger partial charge in [-0.15, -0.1) is 0 Å². The van der Waals surface area contributed by atoms with Crippen molar-refractivity contribution in [3.63, 3.8) is 0 Å². The fourth-order valence-corrected chi connectivity index (χ4v) is 7.80. The summed E-state index contributed by atoms with van der Waals surface area (Å²) in [6.07, 6.45) is 5.03. The summed E-state index contributed by atoms with van der Waals surface area (Å²) >= 11 is 0. The molecule has 3 aromatic rings. The molecule has 4 atom stereocenters. The molecule has 4 unspecified atom stereocenters. The number of rotatable bonds is 4. The molecule has 0 saturated heterocycles. The van der Waals surface area contributed by atoms with Crippen molar-refractivity contribution in [1.82, 2.24) is 0 Å². The van der Waals surface area contributed by atoms with E-state index in [0.717, 1.165) is 6.42 Å². The number of allylic oxidation sites excluding steroid dienone is 2. The summed E-state index contributed by atoms with van der Waals surface area (Å²) in [5, 5.41) is 0. The van der Waals surface area contributed by atoms with Crippen LogP contribution in [-0.2, 0) is 20.0 Å². The lowest BCUT2D eigenvalue weighted by molar-refractivity contribution is 0.497. The number of sulfonamides is 2. The lowest BCUT2D eigenvalue weighted by atomic mass is 9.69.